The molecular formula is C12H12Cl3NO. The van der Waals surface area contributed by atoms with Crippen molar-refractivity contribution in [3.8, 4) is 0 Å². The summed E-state index contributed by atoms with van der Waals surface area (Å²) >= 11 is 17.7. The van der Waals surface area contributed by atoms with E-state index < -0.39 is 0 Å². The Morgan fingerprint density at radius 3 is 2.65 bits per heavy atom. The lowest BCUT2D eigenvalue weighted by Crippen LogP contribution is -2.33. The molecule has 2 nitrogen and oxygen atoms in total. The van der Waals surface area contributed by atoms with Crippen LogP contribution in [0.1, 0.15) is 18.4 Å². The molecule has 0 spiro atoms. The van der Waals surface area contributed by atoms with Gasteiger partial charge in [-0.1, -0.05) is 35.3 Å². The maximum Gasteiger partial charge on any atom is 0.238 e. The van der Waals surface area contributed by atoms with Crippen molar-refractivity contribution < 1.29 is 4.79 Å². The summed E-state index contributed by atoms with van der Waals surface area (Å²) in [6, 6.07) is 5.76. The van der Waals surface area contributed by atoms with Gasteiger partial charge in [-0.05, 0) is 24.5 Å². The minimum absolute atomic E-state index is 0.00862. The van der Waals surface area contributed by atoms with Crippen molar-refractivity contribution in [3.63, 3.8) is 0 Å². The normalized spacial score (nSPS) is 14.8. The minimum atomic E-state index is -0.0507. The van der Waals surface area contributed by atoms with Crippen LogP contribution in [0.15, 0.2) is 18.2 Å². The van der Waals surface area contributed by atoms with Gasteiger partial charge in [0.1, 0.15) is 5.88 Å². The van der Waals surface area contributed by atoms with Crippen molar-refractivity contribution in [3.05, 3.63) is 33.8 Å². The van der Waals surface area contributed by atoms with Crippen LogP contribution < -0.4 is 0 Å². The number of carbonyl (C=O) groups excluding carboxylic acids is 1. The molecule has 92 valence electrons. The van der Waals surface area contributed by atoms with E-state index in [1.807, 2.05) is 12.1 Å². The van der Waals surface area contributed by atoms with Crippen LogP contribution >= 0.6 is 34.8 Å². The molecule has 0 radical (unpaired) electrons. The predicted molar refractivity (Wildman–Crippen MR) is 70.8 cm³/mol. The van der Waals surface area contributed by atoms with Crippen LogP contribution in [0.25, 0.3) is 0 Å². The molecular weight excluding hydrogens is 280 g/mol. The Morgan fingerprint density at radius 2 is 2.06 bits per heavy atom. The van der Waals surface area contributed by atoms with Gasteiger partial charge in [-0.2, -0.15) is 0 Å². The summed E-state index contributed by atoms with van der Waals surface area (Å²) in [7, 11) is 0. The molecule has 5 heteroatoms. The molecule has 1 amide bonds. The molecule has 1 aliphatic carbocycles. The highest BCUT2D eigenvalue weighted by Gasteiger charge is 2.32. The van der Waals surface area contributed by atoms with E-state index >= 15 is 0 Å². The third-order valence-corrected chi connectivity index (χ3v) is 3.88. The summed E-state index contributed by atoms with van der Waals surface area (Å²) in [4.78, 5) is 13.5. The maximum atomic E-state index is 11.7. The number of halogens is 3. The standard InChI is InChI=1S/C12H12Cl3NO/c13-6-11(17)16(9-4-5-9)7-8-2-1-3-10(14)12(8)15/h1-3,9H,4-7H2. The van der Waals surface area contributed by atoms with Crippen LogP contribution in [-0.4, -0.2) is 22.7 Å². The minimum Gasteiger partial charge on any atom is -0.334 e. The molecule has 1 fully saturated rings. The Hall–Kier alpha value is -0.440. The first kappa shape index (κ1) is 13.0. The molecule has 0 bridgehead atoms. The highest BCUT2D eigenvalue weighted by molar-refractivity contribution is 6.42. The largest absolute Gasteiger partial charge is 0.334 e. The molecule has 1 saturated carbocycles. The summed E-state index contributed by atoms with van der Waals surface area (Å²) in [5.41, 5.74) is 0.865. The van der Waals surface area contributed by atoms with Crippen molar-refractivity contribution >= 4 is 40.7 Å². The molecule has 0 heterocycles. The average molecular weight is 293 g/mol. The number of rotatable bonds is 4. The van der Waals surface area contributed by atoms with Gasteiger partial charge < -0.3 is 4.90 Å². The lowest BCUT2D eigenvalue weighted by atomic mass is 10.2. The van der Waals surface area contributed by atoms with Crippen LogP contribution in [0, 0.1) is 0 Å². The Bertz CT molecular complexity index is 432. The van der Waals surface area contributed by atoms with Crippen LogP contribution in [0.4, 0.5) is 0 Å². The van der Waals surface area contributed by atoms with Gasteiger partial charge in [-0.15, -0.1) is 11.6 Å². The van der Waals surface area contributed by atoms with Crippen molar-refractivity contribution in [1.29, 1.82) is 0 Å². The number of hydrogen-bond acceptors (Lipinski definition) is 1. The Kier molecular flexibility index (Phi) is 4.18. The molecule has 1 aromatic carbocycles. The summed E-state index contributed by atoms with van der Waals surface area (Å²) in [6.07, 6.45) is 2.08. The average Bonchev–Trinajstić information content (AvgIpc) is 3.14. The number of hydrogen-bond donors (Lipinski definition) is 0. The van der Waals surface area contributed by atoms with Gasteiger partial charge in [0, 0.05) is 12.6 Å². The van der Waals surface area contributed by atoms with Gasteiger partial charge in [0.25, 0.3) is 0 Å². The second-order valence-corrected chi connectivity index (χ2v) is 5.15. The molecule has 17 heavy (non-hydrogen) atoms. The van der Waals surface area contributed by atoms with E-state index in [1.165, 1.54) is 0 Å². The first-order valence-electron chi connectivity index (χ1n) is 5.42. The van der Waals surface area contributed by atoms with E-state index in [1.54, 1.807) is 11.0 Å². The van der Waals surface area contributed by atoms with Gasteiger partial charge in [0.2, 0.25) is 5.91 Å². The second kappa shape index (κ2) is 5.47. The molecule has 0 saturated heterocycles. The fourth-order valence-electron chi connectivity index (χ4n) is 1.74. The third kappa shape index (κ3) is 3.06. The first-order valence-corrected chi connectivity index (χ1v) is 6.71. The number of carbonyl (C=O) groups is 1. The van der Waals surface area contributed by atoms with Crippen molar-refractivity contribution in [2.24, 2.45) is 0 Å². The second-order valence-electron chi connectivity index (χ2n) is 4.10. The van der Waals surface area contributed by atoms with E-state index in [-0.39, 0.29) is 11.8 Å². The summed E-state index contributed by atoms with van der Waals surface area (Å²) in [5, 5.41) is 1.03. The predicted octanol–water partition coefficient (Wildman–Crippen LogP) is 3.72. The molecule has 0 N–H and O–H groups in total. The molecule has 2 rings (SSSR count). The molecule has 1 aromatic rings. The first-order chi connectivity index (χ1) is 8.13. The van der Waals surface area contributed by atoms with Crippen LogP contribution in [0.2, 0.25) is 10.0 Å². The zero-order valence-corrected chi connectivity index (χ0v) is 11.4. The molecule has 1 aliphatic rings. The highest BCUT2D eigenvalue weighted by Crippen LogP contribution is 2.32. The van der Waals surface area contributed by atoms with E-state index in [2.05, 4.69) is 0 Å². The van der Waals surface area contributed by atoms with Gasteiger partial charge in [0.05, 0.1) is 10.0 Å². The zero-order valence-electron chi connectivity index (χ0n) is 9.13. The summed E-state index contributed by atoms with van der Waals surface area (Å²) in [5.74, 6) is -0.0421. The monoisotopic (exact) mass is 291 g/mol. The maximum absolute atomic E-state index is 11.7. The van der Waals surface area contributed by atoms with Crippen LogP contribution in [-0.2, 0) is 11.3 Å². The number of amides is 1. The molecule has 0 atom stereocenters. The van der Waals surface area contributed by atoms with E-state index in [0.29, 0.717) is 22.6 Å². The fourth-order valence-corrected chi connectivity index (χ4v) is 2.27. The van der Waals surface area contributed by atoms with E-state index in [9.17, 15) is 4.79 Å². The topological polar surface area (TPSA) is 20.3 Å². The number of nitrogens with zero attached hydrogens (tertiary/aromatic N) is 1. The lowest BCUT2D eigenvalue weighted by Gasteiger charge is -2.22. The number of alkyl halides is 1. The van der Waals surface area contributed by atoms with Crippen molar-refractivity contribution in [1.82, 2.24) is 4.90 Å². The van der Waals surface area contributed by atoms with Gasteiger partial charge in [-0.25, -0.2) is 0 Å². The molecule has 0 aliphatic heterocycles. The van der Waals surface area contributed by atoms with Gasteiger partial charge >= 0.3 is 0 Å². The quantitative estimate of drug-likeness (QED) is 0.775. The zero-order chi connectivity index (χ0) is 12.4. The SMILES string of the molecule is O=C(CCl)N(Cc1cccc(Cl)c1Cl)C1CC1. The molecule has 0 aromatic heterocycles. The Morgan fingerprint density at radius 1 is 1.35 bits per heavy atom. The van der Waals surface area contributed by atoms with Crippen molar-refractivity contribution in [2.75, 3.05) is 5.88 Å². The van der Waals surface area contributed by atoms with E-state index in [4.69, 9.17) is 34.8 Å². The Balaban J connectivity index is 2.17. The van der Waals surface area contributed by atoms with Gasteiger partial charge in [-0.3, -0.25) is 4.79 Å². The fraction of sp³-hybridized carbons (Fsp3) is 0.417. The Labute approximate surface area is 115 Å². The third-order valence-electron chi connectivity index (χ3n) is 2.79. The highest BCUT2D eigenvalue weighted by atomic mass is 35.5. The number of benzene rings is 1. The van der Waals surface area contributed by atoms with Crippen LogP contribution in [0.3, 0.4) is 0 Å². The van der Waals surface area contributed by atoms with Gasteiger partial charge in [0.15, 0.2) is 0 Å². The van der Waals surface area contributed by atoms with Crippen LogP contribution in [0.5, 0.6) is 0 Å². The lowest BCUT2D eigenvalue weighted by molar-refractivity contribution is -0.129. The summed E-state index contributed by atoms with van der Waals surface area (Å²) < 4.78 is 0. The van der Waals surface area contributed by atoms with E-state index in [0.717, 1.165) is 18.4 Å². The smallest absolute Gasteiger partial charge is 0.238 e. The van der Waals surface area contributed by atoms with Crippen molar-refractivity contribution in [2.45, 2.75) is 25.4 Å². The molecule has 0 unspecified atom stereocenters. The summed E-state index contributed by atoms with van der Waals surface area (Å²) in [6.45, 7) is 0.482.